The molecule has 0 amide bonds. The summed E-state index contributed by atoms with van der Waals surface area (Å²) >= 11 is 0. The van der Waals surface area contributed by atoms with E-state index in [0.29, 0.717) is 5.69 Å². The second-order valence-corrected chi connectivity index (χ2v) is 7.83. The maximum absolute atomic E-state index is 12.4. The lowest BCUT2D eigenvalue weighted by atomic mass is 10.1. The van der Waals surface area contributed by atoms with Crippen molar-refractivity contribution in [3.63, 3.8) is 0 Å². The number of carboxylic acids is 1. The fraction of sp³-hybridized carbons (Fsp3) is 0.562. The number of methoxy groups -OCH3 is 1. The summed E-state index contributed by atoms with van der Waals surface area (Å²) in [6.45, 7) is 1.90. The SMILES string of the molecule is COC[C@@H](C)NS(=O)(=O)c1ccc(NC2CCCC2)c(C(=O)O)c1. The van der Waals surface area contributed by atoms with Crippen molar-refractivity contribution < 1.29 is 23.1 Å². The summed E-state index contributed by atoms with van der Waals surface area (Å²) in [5.74, 6) is -1.16. The first-order chi connectivity index (χ1) is 11.3. The Morgan fingerprint density at radius 3 is 2.62 bits per heavy atom. The van der Waals surface area contributed by atoms with Gasteiger partial charge in [-0.15, -0.1) is 0 Å². The van der Waals surface area contributed by atoms with E-state index in [1.165, 1.54) is 25.3 Å². The summed E-state index contributed by atoms with van der Waals surface area (Å²) in [7, 11) is -2.32. The number of rotatable bonds is 8. The maximum Gasteiger partial charge on any atom is 0.337 e. The van der Waals surface area contributed by atoms with Crippen LogP contribution in [0.4, 0.5) is 5.69 Å². The van der Waals surface area contributed by atoms with Gasteiger partial charge in [-0.25, -0.2) is 17.9 Å². The Balaban J connectivity index is 2.25. The molecule has 1 aromatic carbocycles. The van der Waals surface area contributed by atoms with E-state index in [9.17, 15) is 18.3 Å². The second kappa shape index (κ2) is 7.96. The van der Waals surface area contributed by atoms with Crippen LogP contribution < -0.4 is 10.0 Å². The largest absolute Gasteiger partial charge is 0.478 e. The maximum atomic E-state index is 12.4. The minimum Gasteiger partial charge on any atom is -0.478 e. The topological polar surface area (TPSA) is 105 Å². The van der Waals surface area contributed by atoms with E-state index in [-0.39, 0.29) is 23.1 Å². The van der Waals surface area contributed by atoms with E-state index in [1.54, 1.807) is 6.92 Å². The molecule has 7 nitrogen and oxygen atoms in total. The number of hydrogen-bond acceptors (Lipinski definition) is 5. The van der Waals surface area contributed by atoms with Gasteiger partial charge < -0.3 is 15.2 Å². The van der Waals surface area contributed by atoms with Crippen molar-refractivity contribution in [2.75, 3.05) is 19.0 Å². The lowest BCUT2D eigenvalue weighted by molar-refractivity contribution is 0.0697. The molecule has 1 aromatic rings. The highest BCUT2D eigenvalue weighted by Gasteiger charge is 2.22. The molecular weight excluding hydrogens is 332 g/mol. The number of anilines is 1. The van der Waals surface area contributed by atoms with Crippen LogP contribution in [0.3, 0.4) is 0 Å². The zero-order chi connectivity index (χ0) is 17.7. The molecule has 24 heavy (non-hydrogen) atoms. The average Bonchev–Trinajstić information content (AvgIpc) is 2.99. The van der Waals surface area contributed by atoms with E-state index < -0.39 is 22.0 Å². The quantitative estimate of drug-likeness (QED) is 0.658. The number of benzene rings is 1. The summed E-state index contributed by atoms with van der Waals surface area (Å²) in [4.78, 5) is 11.5. The van der Waals surface area contributed by atoms with E-state index in [4.69, 9.17) is 4.74 Å². The number of nitrogens with one attached hydrogen (secondary N) is 2. The molecule has 0 heterocycles. The Morgan fingerprint density at radius 2 is 2.04 bits per heavy atom. The van der Waals surface area contributed by atoms with Gasteiger partial charge in [0.05, 0.1) is 17.1 Å². The molecule has 1 aliphatic rings. The highest BCUT2D eigenvalue weighted by Crippen LogP contribution is 2.26. The number of sulfonamides is 1. The number of ether oxygens (including phenoxy) is 1. The van der Waals surface area contributed by atoms with Crippen molar-refractivity contribution in [3.8, 4) is 0 Å². The summed E-state index contributed by atoms with van der Waals surface area (Å²) in [5, 5.41) is 12.6. The fourth-order valence-electron chi connectivity index (χ4n) is 2.90. The molecule has 1 atom stereocenters. The first-order valence-electron chi connectivity index (χ1n) is 7.98. The van der Waals surface area contributed by atoms with E-state index >= 15 is 0 Å². The van der Waals surface area contributed by atoms with Gasteiger partial charge in [0.25, 0.3) is 0 Å². The second-order valence-electron chi connectivity index (χ2n) is 6.12. The molecule has 0 saturated heterocycles. The predicted molar refractivity (Wildman–Crippen MR) is 90.9 cm³/mol. The van der Waals surface area contributed by atoms with Crippen LogP contribution in [0.5, 0.6) is 0 Å². The first-order valence-corrected chi connectivity index (χ1v) is 9.47. The Kier molecular flexibility index (Phi) is 6.20. The Bertz CT molecular complexity index is 684. The molecule has 0 aliphatic heterocycles. The Labute approximate surface area is 142 Å². The predicted octanol–water partition coefficient (Wildman–Crippen LogP) is 2.05. The Hall–Kier alpha value is -1.64. The van der Waals surface area contributed by atoms with Crippen molar-refractivity contribution in [1.82, 2.24) is 4.72 Å². The zero-order valence-corrected chi connectivity index (χ0v) is 14.7. The van der Waals surface area contributed by atoms with Gasteiger partial charge in [0.15, 0.2) is 0 Å². The van der Waals surface area contributed by atoms with E-state index in [2.05, 4.69) is 10.0 Å². The van der Waals surface area contributed by atoms with Crippen molar-refractivity contribution in [2.45, 2.75) is 49.6 Å². The molecule has 0 spiro atoms. The van der Waals surface area contributed by atoms with E-state index in [1.807, 2.05) is 0 Å². The third-order valence-corrected chi connectivity index (χ3v) is 5.61. The molecule has 8 heteroatoms. The van der Waals surface area contributed by atoms with Crippen LogP contribution in [0.1, 0.15) is 43.0 Å². The molecule has 0 radical (unpaired) electrons. The highest BCUT2D eigenvalue weighted by molar-refractivity contribution is 7.89. The molecule has 2 rings (SSSR count). The van der Waals surface area contributed by atoms with Crippen LogP contribution in [-0.4, -0.2) is 45.3 Å². The summed E-state index contributed by atoms with van der Waals surface area (Å²) in [6, 6.07) is 3.97. The van der Waals surface area contributed by atoms with Crippen LogP contribution in [0.25, 0.3) is 0 Å². The zero-order valence-electron chi connectivity index (χ0n) is 13.9. The molecule has 0 bridgehead atoms. The number of hydrogen-bond donors (Lipinski definition) is 3. The van der Waals surface area contributed by atoms with Crippen LogP contribution in [-0.2, 0) is 14.8 Å². The normalized spacial score (nSPS) is 16.9. The number of aromatic carboxylic acids is 1. The van der Waals surface area contributed by atoms with Gasteiger partial charge in [0, 0.05) is 24.9 Å². The van der Waals surface area contributed by atoms with Gasteiger partial charge in [-0.05, 0) is 38.0 Å². The van der Waals surface area contributed by atoms with Crippen LogP contribution in [0.15, 0.2) is 23.1 Å². The fourth-order valence-corrected chi connectivity index (χ4v) is 4.15. The van der Waals surface area contributed by atoms with Crippen LogP contribution >= 0.6 is 0 Å². The van der Waals surface area contributed by atoms with Gasteiger partial charge in [0.1, 0.15) is 0 Å². The van der Waals surface area contributed by atoms with Crippen LogP contribution in [0.2, 0.25) is 0 Å². The first kappa shape index (κ1) is 18.7. The van der Waals surface area contributed by atoms with Crippen LogP contribution in [0, 0.1) is 0 Å². The molecule has 3 N–H and O–H groups in total. The number of carbonyl (C=O) groups is 1. The lowest BCUT2D eigenvalue weighted by Gasteiger charge is -2.17. The molecule has 1 saturated carbocycles. The molecule has 1 fully saturated rings. The molecule has 1 aliphatic carbocycles. The Morgan fingerprint density at radius 1 is 1.38 bits per heavy atom. The summed E-state index contributed by atoms with van der Waals surface area (Å²) in [5.41, 5.74) is 0.419. The minimum atomic E-state index is -3.80. The lowest BCUT2D eigenvalue weighted by Crippen LogP contribution is -2.35. The van der Waals surface area contributed by atoms with Gasteiger partial charge in [-0.1, -0.05) is 12.8 Å². The standard InChI is InChI=1S/C16H24N2O5S/c1-11(10-23-2)18-24(21,22)13-7-8-15(14(9-13)16(19)20)17-12-5-3-4-6-12/h7-9,11-12,17-18H,3-6,10H2,1-2H3,(H,19,20)/t11-/m1/s1. The average molecular weight is 356 g/mol. The molecule has 0 unspecified atom stereocenters. The van der Waals surface area contributed by atoms with E-state index in [0.717, 1.165) is 25.7 Å². The highest BCUT2D eigenvalue weighted by atomic mass is 32.2. The third kappa shape index (κ3) is 4.68. The van der Waals surface area contributed by atoms with Gasteiger partial charge in [-0.3, -0.25) is 0 Å². The monoisotopic (exact) mass is 356 g/mol. The molecular formula is C16H24N2O5S. The molecule has 134 valence electrons. The summed E-state index contributed by atoms with van der Waals surface area (Å²) in [6.07, 6.45) is 4.23. The van der Waals surface area contributed by atoms with Gasteiger partial charge in [0.2, 0.25) is 10.0 Å². The third-order valence-electron chi connectivity index (χ3n) is 4.02. The smallest absolute Gasteiger partial charge is 0.337 e. The number of carboxylic acid groups (broad SMARTS) is 1. The van der Waals surface area contributed by atoms with Crippen molar-refractivity contribution in [1.29, 1.82) is 0 Å². The van der Waals surface area contributed by atoms with Gasteiger partial charge in [-0.2, -0.15) is 0 Å². The summed E-state index contributed by atoms with van der Waals surface area (Å²) < 4.78 is 32.1. The van der Waals surface area contributed by atoms with Gasteiger partial charge >= 0.3 is 5.97 Å². The molecule has 0 aromatic heterocycles. The van der Waals surface area contributed by atoms with Crippen molar-refractivity contribution >= 4 is 21.7 Å². The van der Waals surface area contributed by atoms with Crippen molar-refractivity contribution in [2.24, 2.45) is 0 Å². The minimum absolute atomic E-state index is 0.0378. The van der Waals surface area contributed by atoms with Crippen molar-refractivity contribution in [3.05, 3.63) is 23.8 Å².